The van der Waals surface area contributed by atoms with E-state index in [1.54, 1.807) is 11.1 Å². The van der Waals surface area contributed by atoms with Gasteiger partial charge in [-0.05, 0) is 38.2 Å². The molecule has 0 atom stereocenters. The molecule has 0 saturated carbocycles. The molecule has 0 saturated heterocycles. The molecule has 0 N–H and O–H groups in total. The van der Waals surface area contributed by atoms with E-state index in [0.717, 1.165) is 0 Å². The molecule has 0 unspecified atom stereocenters. The fourth-order valence-electron chi connectivity index (χ4n) is 5.18. The predicted molar refractivity (Wildman–Crippen MR) is 153 cm³/mol. The predicted octanol–water partition coefficient (Wildman–Crippen LogP) is 10.7. The van der Waals surface area contributed by atoms with Crippen LogP contribution in [0.5, 0.6) is 0 Å². The van der Waals surface area contributed by atoms with E-state index in [2.05, 4.69) is 43.8 Å². The second kappa shape index (κ2) is 23.9. The molecule has 198 valence electrons. The van der Waals surface area contributed by atoms with E-state index in [-0.39, 0.29) is 0 Å². The first-order chi connectivity index (χ1) is 16.8. The Morgan fingerprint density at radius 1 is 0.412 bits per heavy atom. The summed E-state index contributed by atoms with van der Waals surface area (Å²) in [4.78, 5) is 0. The Hall–Kier alpha value is -0.850. The van der Waals surface area contributed by atoms with Gasteiger partial charge < -0.3 is 0 Å². The molecular formula is C33H62N+. The second-order valence-corrected chi connectivity index (χ2v) is 11.0. The highest BCUT2D eigenvalue weighted by atomic mass is 14.9. The first-order valence-electron chi connectivity index (χ1n) is 15.8. The SMILES string of the molecule is CCCCCCCCCC[n+]1cc(CCCCCCCCC)cc(CCCCCCCCC)c1. The Kier molecular flexibility index (Phi) is 21.9. The number of nitrogens with zero attached hydrogens (tertiary/aromatic N) is 1. The van der Waals surface area contributed by atoms with Crippen LogP contribution < -0.4 is 4.57 Å². The third-order valence-electron chi connectivity index (χ3n) is 7.44. The molecule has 1 nitrogen and oxygen atoms in total. The summed E-state index contributed by atoms with van der Waals surface area (Å²) >= 11 is 0. The van der Waals surface area contributed by atoms with Crippen LogP contribution in [0.3, 0.4) is 0 Å². The number of pyridine rings is 1. The van der Waals surface area contributed by atoms with Crippen LogP contribution in [0.4, 0.5) is 0 Å². The number of rotatable bonds is 25. The zero-order chi connectivity index (χ0) is 24.5. The van der Waals surface area contributed by atoms with Gasteiger partial charge >= 0.3 is 0 Å². The molecule has 0 fully saturated rings. The van der Waals surface area contributed by atoms with Gasteiger partial charge in [-0.15, -0.1) is 0 Å². The summed E-state index contributed by atoms with van der Waals surface area (Å²) in [5, 5.41) is 0. The highest BCUT2D eigenvalue weighted by Crippen LogP contribution is 2.14. The zero-order valence-electron chi connectivity index (χ0n) is 23.9. The van der Waals surface area contributed by atoms with Gasteiger partial charge in [-0.1, -0.05) is 136 Å². The Bertz CT molecular complexity index is 513. The van der Waals surface area contributed by atoms with E-state index in [4.69, 9.17) is 0 Å². The fraction of sp³-hybridized carbons (Fsp3) is 0.848. The maximum absolute atomic E-state index is 2.55. The molecule has 1 rings (SSSR count). The summed E-state index contributed by atoms with van der Waals surface area (Å²) in [6.45, 7) is 8.13. The van der Waals surface area contributed by atoms with Crippen molar-refractivity contribution in [3.63, 3.8) is 0 Å². The smallest absolute Gasteiger partial charge is 0.171 e. The summed E-state index contributed by atoms with van der Waals surface area (Å²) in [5.74, 6) is 0. The van der Waals surface area contributed by atoms with Gasteiger partial charge in [0.2, 0.25) is 0 Å². The molecule has 1 aromatic rings. The lowest BCUT2D eigenvalue weighted by atomic mass is 10.0. The van der Waals surface area contributed by atoms with Crippen molar-refractivity contribution in [1.29, 1.82) is 0 Å². The van der Waals surface area contributed by atoms with Crippen LogP contribution in [0.25, 0.3) is 0 Å². The topological polar surface area (TPSA) is 3.88 Å². The van der Waals surface area contributed by atoms with Gasteiger partial charge in [-0.2, -0.15) is 0 Å². The van der Waals surface area contributed by atoms with Gasteiger partial charge in [0.15, 0.2) is 12.4 Å². The lowest BCUT2D eigenvalue weighted by Crippen LogP contribution is -2.34. The lowest BCUT2D eigenvalue weighted by molar-refractivity contribution is -0.698. The average Bonchev–Trinajstić information content (AvgIpc) is 2.84. The quantitative estimate of drug-likeness (QED) is 0.0983. The molecule has 1 heterocycles. The van der Waals surface area contributed by atoms with Crippen molar-refractivity contribution in [3.8, 4) is 0 Å². The van der Waals surface area contributed by atoms with E-state index < -0.39 is 0 Å². The minimum Gasteiger partial charge on any atom is -0.205 e. The molecule has 0 aliphatic carbocycles. The van der Waals surface area contributed by atoms with Gasteiger partial charge in [-0.25, -0.2) is 4.57 Å². The third-order valence-corrected chi connectivity index (χ3v) is 7.44. The maximum Gasteiger partial charge on any atom is 0.171 e. The third kappa shape index (κ3) is 18.5. The lowest BCUT2D eigenvalue weighted by Gasteiger charge is -2.07. The van der Waals surface area contributed by atoms with Crippen LogP contribution >= 0.6 is 0 Å². The van der Waals surface area contributed by atoms with Crippen LogP contribution in [0.1, 0.15) is 173 Å². The summed E-state index contributed by atoms with van der Waals surface area (Å²) in [7, 11) is 0. The molecule has 0 spiro atoms. The zero-order valence-corrected chi connectivity index (χ0v) is 23.9. The number of aromatic nitrogens is 1. The summed E-state index contributed by atoms with van der Waals surface area (Å²) in [6, 6.07) is 2.54. The van der Waals surface area contributed by atoms with Crippen LogP contribution in [0.2, 0.25) is 0 Å². The molecule has 0 aromatic carbocycles. The second-order valence-electron chi connectivity index (χ2n) is 11.0. The van der Waals surface area contributed by atoms with Crippen molar-refractivity contribution < 1.29 is 4.57 Å². The summed E-state index contributed by atoms with van der Waals surface area (Å²) in [6.07, 6.45) is 38.4. The van der Waals surface area contributed by atoms with Gasteiger partial charge in [0, 0.05) is 17.5 Å². The Balaban J connectivity index is 2.42. The van der Waals surface area contributed by atoms with E-state index in [1.807, 2.05) is 0 Å². The summed E-state index contributed by atoms with van der Waals surface area (Å²) in [5.41, 5.74) is 3.18. The van der Waals surface area contributed by atoms with Crippen molar-refractivity contribution in [2.24, 2.45) is 0 Å². The van der Waals surface area contributed by atoms with Gasteiger partial charge in [-0.3, -0.25) is 0 Å². The Labute approximate surface area is 215 Å². The largest absolute Gasteiger partial charge is 0.205 e. The Morgan fingerprint density at radius 3 is 1.12 bits per heavy atom. The number of hydrogen-bond acceptors (Lipinski definition) is 0. The average molecular weight is 473 g/mol. The minimum atomic E-state index is 1.21. The first kappa shape index (κ1) is 31.2. The minimum absolute atomic E-state index is 1.21. The fourth-order valence-corrected chi connectivity index (χ4v) is 5.18. The van der Waals surface area contributed by atoms with E-state index in [0.29, 0.717) is 0 Å². The highest BCUT2D eigenvalue weighted by Gasteiger charge is 2.08. The molecule has 0 amide bonds. The molecule has 34 heavy (non-hydrogen) atoms. The van der Waals surface area contributed by atoms with Crippen molar-refractivity contribution in [1.82, 2.24) is 0 Å². The summed E-state index contributed by atoms with van der Waals surface area (Å²) < 4.78 is 2.55. The van der Waals surface area contributed by atoms with Crippen molar-refractivity contribution in [2.75, 3.05) is 0 Å². The standard InChI is InChI=1S/C33H62N/c1-4-7-10-13-16-19-22-25-28-34-30-32(26-23-20-17-14-11-8-5-2)29-33(31-34)27-24-21-18-15-12-9-6-3/h29-31H,4-28H2,1-3H3/q+1. The van der Waals surface area contributed by atoms with Gasteiger partial charge in [0.25, 0.3) is 0 Å². The molecule has 0 aliphatic rings. The van der Waals surface area contributed by atoms with Crippen molar-refractivity contribution in [3.05, 3.63) is 29.6 Å². The number of aryl methyl sites for hydroxylation is 3. The van der Waals surface area contributed by atoms with E-state index >= 15 is 0 Å². The normalized spacial score (nSPS) is 11.4. The molecule has 1 aromatic heterocycles. The van der Waals surface area contributed by atoms with Crippen molar-refractivity contribution >= 4 is 0 Å². The van der Waals surface area contributed by atoms with E-state index in [9.17, 15) is 0 Å². The van der Waals surface area contributed by atoms with E-state index in [1.165, 1.54) is 161 Å². The molecule has 0 radical (unpaired) electrons. The first-order valence-corrected chi connectivity index (χ1v) is 15.8. The molecule has 1 heteroatoms. The van der Waals surface area contributed by atoms with Crippen LogP contribution in [-0.2, 0) is 19.4 Å². The molecule has 0 bridgehead atoms. The molecule has 0 aliphatic heterocycles. The highest BCUT2D eigenvalue weighted by molar-refractivity contribution is 5.15. The van der Waals surface area contributed by atoms with Crippen LogP contribution in [-0.4, -0.2) is 0 Å². The van der Waals surface area contributed by atoms with Crippen LogP contribution in [0.15, 0.2) is 18.5 Å². The van der Waals surface area contributed by atoms with Crippen molar-refractivity contribution in [2.45, 2.75) is 181 Å². The number of hydrogen-bond donors (Lipinski definition) is 0. The number of unbranched alkanes of at least 4 members (excludes halogenated alkanes) is 19. The van der Waals surface area contributed by atoms with Gasteiger partial charge in [0.1, 0.15) is 6.54 Å². The van der Waals surface area contributed by atoms with Crippen LogP contribution in [0, 0.1) is 0 Å². The Morgan fingerprint density at radius 2 is 0.735 bits per heavy atom. The molecular weight excluding hydrogens is 410 g/mol. The van der Waals surface area contributed by atoms with Gasteiger partial charge in [0.05, 0.1) is 0 Å². The maximum atomic E-state index is 2.55. The monoisotopic (exact) mass is 472 g/mol.